The molecule has 0 aliphatic heterocycles. The summed E-state index contributed by atoms with van der Waals surface area (Å²) in [7, 11) is -4.16. The molecule has 0 saturated heterocycles. The highest BCUT2D eigenvalue weighted by molar-refractivity contribution is 7.89. The maximum absolute atomic E-state index is 13.2. The first-order chi connectivity index (χ1) is 9.15. The summed E-state index contributed by atoms with van der Waals surface area (Å²) in [6.45, 7) is 2.99. The summed E-state index contributed by atoms with van der Waals surface area (Å²) in [6, 6.07) is 4.02. The number of hydrogen-bond acceptors (Lipinski definition) is 5. The molecule has 0 radical (unpaired) electrons. The summed E-state index contributed by atoms with van der Waals surface area (Å²) in [5.74, 6) is -1.13. The molecule has 0 saturated carbocycles. The van der Waals surface area contributed by atoms with E-state index in [4.69, 9.17) is 5.26 Å². The Morgan fingerprint density at radius 3 is 2.60 bits per heavy atom. The van der Waals surface area contributed by atoms with Gasteiger partial charge >= 0.3 is 5.69 Å². The third kappa shape index (κ3) is 3.28. The summed E-state index contributed by atoms with van der Waals surface area (Å²) >= 11 is 0. The van der Waals surface area contributed by atoms with Gasteiger partial charge in [-0.15, -0.1) is 0 Å². The van der Waals surface area contributed by atoms with E-state index >= 15 is 0 Å². The molecule has 0 amide bonds. The number of hydrogen-bond donors (Lipinski definition) is 1. The van der Waals surface area contributed by atoms with E-state index < -0.39 is 36.9 Å². The van der Waals surface area contributed by atoms with Crippen molar-refractivity contribution in [2.45, 2.75) is 30.7 Å². The second-order valence-corrected chi connectivity index (χ2v) is 5.96. The molecular weight excluding hydrogens is 289 g/mol. The van der Waals surface area contributed by atoms with Crippen LogP contribution in [0.15, 0.2) is 23.1 Å². The lowest BCUT2D eigenvalue weighted by atomic mass is 10.0. The average molecular weight is 301 g/mol. The summed E-state index contributed by atoms with van der Waals surface area (Å²) in [4.78, 5) is 9.11. The second-order valence-electron chi connectivity index (χ2n) is 4.27. The molecule has 108 valence electrons. The van der Waals surface area contributed by atoms with E-state index in [1.165, 1.54) is 6.92 Å². The smallest absolute Gasteiger partial charge is 0.258 e. The van der Waals surface area contributed by atoms with Crippen LogP contribution in [0.5, 0.6) is 0 Å². The highest BCUT2D eigenvalue weighted by Gasteiger charge is 2.30. The standard InChI is InChI=1S/C11H12FN3O4S/c1-3-11(2,7-13)14-20(18,19)8-4-5-9(12)10(6-8)15(16)17/h4-6,14H,3H2,1-2H3. The van der Waals surface area contributed by atoms with Gasteiger partial charge in [-0.25, -0.2) is 8.42 Å². The largest absolute Gasteiger partial charge is 0.306 e. The fraction of sp³-hybridized carbons (Fsp3) is 0.364. The molecule has 1 aromatic carbocycles. The monoisotopic (exact) mass is 301 g/mol. The van der Waals surface area contributed by atoms with Crippen LogP contribution in [-0.2, 0) is 10.0 Å². The maximum atomic E-state index is 13.2. The van der Waals surface area contributed by atoms with E-state index in [2.05, 4.69) is 4.72 Å². The minimum atomic E-state index is -4.16. The number of rotatable bonds is 5. The highest BCUT2D eigenvalue weighted by atomic mass is 32.2. The third-order valence-corrected chi connectivity index (χ3v) is 4.33. The molecule has 20 heavy (non-hydrogen) atoms. The van der Waals surface area contributed by atoms with E-state index in [9.17, 15) is 22.9 Å². The molecule has 7 nitrogen and oxygen atoms in total. The Labute approximate surface area is 115 Å². The number of sulfonamides is 1. The van der Waals surface area contributed by atoms with E-state index in [1.54, 1.807) is 13.0 Å². The van der Waals surface area contributed by atoms with Gasteiger partial charge in [0.25, 0.3) is 0 Å². The van der Waals surface area contributed by atoms with Crippen molar-refractivity contribution in [3.8, 4) is 6.07 Å². The molecule has 0 aliphatic carbocycles. The Morgan fingerprint density at radius 2 is 2.15 bits per heavy atom. The van der Waals surface area contributed by atoms with Crippen LogP contribution in [-0.4, -0.2) is 18.9 Å². The molecule has 0 bridgehead atoms. The Morgan fingerprint density at radius 1 is 1.55 bits per heavy atom. The van der Waals surface area contributed by atoms with E-state index in [0.717, 1.165) is 6.07 Å². The van der Waals surface area contributed by atoms with Crippen LogP contribution in [0.3, 0.4) is 0 Å². The Bertz CT molecular complexity index is 683. The average Bonchev–Trinajstić information content (AvgIpc) is 2.38. The topological polar surface area (TPSA) is 113 Å². The molecule has 1 N–H and O–H groups in total. The van der Waals surface area contributed by atoms with Crippen LogP contribution in [0, 0.1) is 27.3 Å². The van der Waals surface area contributed by atoms with Crippen LogP contribution in [0.1, 0.15) is 20.3 Å². The number of benzene rings is 1. The first-order valence-electron chi connectivity index (χ1n) is 5.54. The lowest BCUT2D eigenvalue weighted by Crippen LogP contribution is -2.44. The fourth-order valence-corrected chi connectivity index (χ4v) is 2.74. The number of nitro groups is 1. The minimum absolute atomic E-state index is 0.200. The zero-order valence-corrected chi connectivity index (χ0v) is 11.6. The predicted octanol–water partition coefficient (Wildman–Crippen LogP) is 1.70. The van der Waals surface area contributed by atoms with E-state index in [1.807, 2.05) is 0 Å². The Kier molecular flexibility index (Phi) is 4.42. The zero-order valence-electron chi connectivity index (χ0n) is 10.8. The van der Waals surface area contributed by atoms with Gasteiger partial charge < -0.3 is 0 Å². The first-order valence-corrected chi connectivity index (χ1v) is 7.02. The van der Waals surface area contributed by atoms with Gasteiger partial charge in [0, 0.05) is 6.07 Å². The lowest BCUT2D eigenvalue weighted by molar-refractivity contribution is -0.387. The number of nitro benzene ring substituents is 1. The van der Waals surface area contributed by atoms with Crippen LogP contribution in [0.2, 0.25) is 0 Å². The number of nitriles is 1. The van der Waals surface area contributed by atoms with Crippen molar-refractivity contribution in [1.82, 2.24) is 4.72 Å². The quantitative estimate of drug-likeness (QED) is 0.657. The maximum Gasteiger partial charge on any atom is 0.306 e. The fourth-order valence-electron chi connectivity index (χ4n) is 1.33. The van der Waals surface area contributed by atoms with Gasteiger partial charge in [0.1, 0.15) is 5.54 Å². The van der Waals surface area contributed by atoms with Gasteiger partial charge in [-0.2, -0.15) is 14.4 Å². The molecule has 0 spiro atoms. The highest BCUT2D eigenvalue weighted by Crippen LogP contribution is 2.23. The zero-order chi connectivity index (χ0) is 15.6. The van der Waals surface area contributed by atoms with Gasteiger partial charge in [0.2, 0.25) is 15.8 Å². The number of halogens is 1. The Balaban J connectivity index is 3.28. The van der Waals surface area contributed by atoms with Crippen molar-refractivity contribution in [3.05, 3.63) is 34.1 Å². The van der Waals surface area contributed by atoms with Crippen LogP contribution >= 0.6 is 0 Å². The van der Waals surface area contributed by atoms with Gasteiger partial charge in [-0.1, -0.05) is 6.92 Å². The van der Waals surface area contributed by atoms with Crippen LogP contribution in [0.25, 0.3) is 0 Å². The summed E-state index contributed by atoms with van der Waals surface area (Å²) < 4.78 is 39.4. The second kappa shape index (κ2) is 5.52. The molecule has 1 atom stereocenters. The molecule has 0 heterocycles. The number of nitrogens with one attached hydrogen (secondary N) is 1. The molecule has 9 heteroatoms. The van der Waals surface area contributed by atoms with Gasteiger partial charge in [0.15, 0.2) is 0 Å². The first kappa shape index (κ1) is 16.0. The van der Waals surface area contributed by atoms with Crippen molar-refractivity contribution in [3.63, 3.8) is 0 Å². The van der Waals surface area contributed by atoms with Crippen LogP contribution < -0.4 is 4.72 Å². The minimum Gasteiger partial charge on any atom is -0.258 e. The Hall–Kier alpha value is -2.05. The van der Waals surface area contributed by atoms with Gasteiger partial charge in [-0.3, -0.25) is 10.1 Å². The third-order valence-electron chi connectivity index (χ3n) is 2.74. The van der Waals surface area contributed by atoms with Crippen molar-refractivity contribution < 1.29 is 17.7 Å². The van der Waals surface area contributed by atoms with Crippen molar-refractivity contribution >= 4 is 15.7 Å². The molecule has 0 fully saturated rings. The van der Waals surface area contributed by atoms with E-state index in [0.29, 0.717) is 12.1 Å². The van der Waals surface area contributed by atoms with E-state index in [-0.39, 0.29) is 6.42 Å². The van der Waals surface area contributed by atoms with Crippen molar-refractivity contribution in [2.75, 3.05) is 0 Å². The van der Waals surface area contributed by atoms with Crippen molar-refractivity contribution in [1.29, 1.82) is 5.26 Å². The molecule has 0 aliphatic rings. The lowest BCUT2D eigenvalue weighted by Gasteiger charge is -2.20. The van der Waals surface area contributed by atoms with Gasteiger partial charge in [-0.05, 0) is 25.5 Å². The molecule has 1 aromatic rings. The summed E-state index contributed by atoms with van der Waals surface area (Å²) in [6.07, 6.45) is 0.200. The van der Waals surface area contributed by atoms with Crippen molar-refractivity contribution in [2.24, 2.45) is 0 Å². The molecule has 1 rings (SSSR count). The number of nitrogens with zero attached hydrogens (tertiary/aromatic N) is 2. The summed E-state index contributed by atoms with van der Waals surface area (Å²) in [5, 5.41) is 19.5. The molecular formula is C11H12FN3O4S. The SMILES string of the molecule is CCC(C)(C#N)NS(=O)(=O)c1ccc(F)c([N+](=O)[O-])c1. The normalized spacial score (nSPS) is 14.3. The molecule has 0 aromatic heterocycles. The predicted molar refractivity (Wildman–Crippen MR) is 67.7 cm³/mol. The van der Waals surface area contributed by atoms with Gasteiger partial charge in [0.05, 0.1) is 15.9 Å². The molecule has 1 unspecified atom stereocenters. The summed E-state index contributed by atoms with van der Waals surface area (Å²) in [5.41, 5.74) is -2.29. The van der Waals surface area contributed by atoms with Crippen LogP contribution in [0.4, 0.5) is 10.1 Å².